The van der Waals surface area contributed by atoms with Crippen molar-refractivity contribution in [2.24, 2.45) is 0 Å². The van der Waals surface area contributed by atoms with E-state index in [0.717, 1.165) is 54.4 Å². The van der Waals surface area contributed by atoms with Crippen LogP contribution in [0.3, 0.4) is 0 Å². The van der Waals surface area contributed by atoms with Crippen molar-refractivity contribution in [3.8, 4) is 22.8 Å². The molecule has 5 rings (SSSR count). The van der Waals surface area contributed by atoms with Gasteiger partial charge in [-0.1, -0.05) is 30.3 Å². The fraction of sp³-hybridized carbons (Fsp3) is 0.273. The van der Waals surface area contributed by atoms with Crippen LogP contribution in [0.25, 0.3) is 11.3 Å². The summed E-state index contributed by atoms with van der Waals surface area (Å²) in [6.45, 7) is 1.79. The molecule has 3 heterocycles. The summed E-state index contributed by atoms with van der Waals surface area (Å²) in [6, 6.07) is 17.8. The first kappa shape index (κ1) is 17.8. The third-order valence-electron chi connectivity index (χ3n) is 5.20. The van der Waals surface area contributed by atoms with Gasteiger partial charge in [-0.2, -0.15) is 4.98 Å². The highest BCUT2D eigenvalue weighted by atomic mass is 16.7. The van der Waals surface area contributed by atoms with Gasteiger partial charge in [0.15, 0.2) is 11.5 Å². The van der Waals surface area contributed by atoms with E-state index >= 15 is 0 Å². The van der Waals surface area contributed by atoms with Crippen LogP contribution in [0.5, 0.6) is 11.5 Å². The molecule has 0 spiro atoms. The molecule has 1 aromatic heterocycles. The molecule has 2 aliphatic rings. The van der Waals surface area contributed by atoms with Crippen LogP contribution in [0.15, 0.2) is 54.6 Å². The minimum absolute atomic E-state index is 0.229. The molecular formula is C22H22N4O3. The molecular weight excluding hydrogens is 368 g/mol. The van der Waals surface area contributed by atoms with Gasteiger partial charge in [0, 0.05) is 36.5 Å². The highest BCUT2D eigenvalue weighted by Crippen LogP contribution is 2.35. The van der Waals surface area contributed by atoms with Crippen LogP contribution in [0.2, 0.25) is 0 Å². The number of benzene rings is 2. The number of nitrogens with zero attached hydrogens (tertiary/aromatic N) is 3. The summed E-state index contributed by atoms with van der Waals surface area (Å²) in [5.74, 6) is 2.82. The van der Waals surface area contributed by atoms with Gasteiger partial charge in [0.05, 0.1) is 11.8 Å². The van der Waals surface area contributed by atoms with Crippen molar-refractivity contribution in [1.29, 1.82) is 0 Å². The molecule has 1 fully saturated rings. The molecule has 29 heavy (non-hydrogen) atoms. The van der Waals surface area contributed by atoms with E-state index in [2.05, 4.69) is 10.2 Å². The zero-order valence-electron chi connectivity index (χ0n) is 15.9. The number of piperidine rings is 1. The topological polar surface area (TPSA) is 79.7 Å². The Kier molecular flexibility index (Phi) is 4.65. The Labute approximate surface area is 168 Å². The molecule has 0 aliphatic carbocycles. The SMILES string of the molecule is OC1CCN(c2cc(-c3ccccc3)nc(Nc3ccc4c(c3)OCO4)n2)CC1. The van der Waals surface area contributed by atoms with Gasteiger partial charge in [-0.05, 0) is 25.0 Å². The fourth-order valence-electron chi connectivity index (χ4n) is 3.61. The lowest BCUT2D eigenvalue weighted by molar-refractivity contribution is 0.145. The summed E-state index contributed by atoms with van der Waals surface area (Å²) >= 11 is 0. The molecule has 148 valence electrons. The lowest BCUT2D eigenvalue weighted by atomic mass is 10.1. The Morgan fingerprint density at radius 1 is 0.931 bits per heavy atom. The summed E-state index contributed by atoms with van der Waals surface area (Å²) in [7, 11) is 0. The van der Waals surface area contributed by atoms with Crippen molar-refractivity contribution in [3.63, 3.8) is 0 Å². The molecule has 2 aliphatic heterocycles. The van der Waals surface area contributed by atoms with Gasteiger partial charge in [-0.15, -0.1) is 0 Å². The second-order valence-corrected chi connectivity index (χ2v) is 7.21. The van der Waals surface area contributed by atoms with E-state index < -0.39 is 0 Å². The smallest absolute Gasteiger partial charge is 0.231 e. The molecule has 1 saturated heterocycles. The van der Waals surface area contributed by atoms with Crippen LogP contribution in [0.4, 0.5) is 17.5 Å². The lowest BCUT2D eigenvalue weighted by Gasteiger charge is -2.30. The van der Waals surface area contributed by atoms with Crippen molar-refractivity contribution in [2.75, 3.05) is 30.1 Å². The molecule has 2 aromatic carbocycles. The number of hydrogen-bond donors (Lipinski definition) is 2. The quantitative estimate of drug-likeness (QED) is 0.705. The molecule has 3 aromatic rings. The molecule has 0 bridgehead atoms. The number of hydrogen-bond acceptors (Lipinski definition) is 7. The summed E-state index contributed by atoms with van der Waals surface area (Å²) < 4.78 is 10.8. The Morgan fingerprint density at radius 2 is 1.72 bits per heavy atom. The minimum atomic E-state index is -0.229. The molecule has 7 nitrogen and oxygen atoms in total. The maximum Gasteiger partial charge on any atom is 0.231 e. The van der Waals surface area contributed by atoms with E-state index in [9.17, 15) is 5.11 Å². The zero-order chi connectivity index (χ0) is 19.6. The largest absolute Gasteiger partial charge is 0.454 e. The maximum atomic E-state index is 9.84. The Hall–Kier alpha value is -3.32. The van der Waals surface area contributed by atoms with E-state index in [1.54, 1.807) is 0 Å². The van der Waals surface area contributed by atoms with Crippen LogP contribution < -0.4 is 19.7 Å². The van der Waals surface area contributed by atoms with E-state index in [1.807, 2.05) is 54.6 Å². The average molecular weight is 390 g/mol. The highest BCUT2D eigenvalue weighted by molar-refractivity contribution is 5.67. The second-order valence-electron chi connectivity index (χ2n) is 7.21. The zero-order valence-corrected chi connectivity index (χ0v) is 15.9. The van der Waals surface area contributed by atoms with E-state index in [0.29, 0.717) is 11.7 Å². The summed E-state index contributed by atoms with van der Waals surface area (Å²) in [5, 5.41) is 13.1. The number of aromatic nitrogens is 2. The average Bonchev–Trinajstić information content (AvgIpc) is 3.23. The Morgan fingerprint density at radius 3 is 2.55 bits per heavy atom. The first-order chi connectivity index (χ1) is 14.2. The van der Waals surface area contributed by atoms with Crippen LogP contribution in [0, 0.1) is 0 Å². The predicted molar refractivity (Wildman–Crippen MR) is 111 cm³/mol. The number of aliphatic hydroxyl groups excluding tert-OH is 1. The third-order valence-corrected chi connectivity index (χ3v) is 5.20. The van der Waals surface area contributed by atoms with Crippen molar-refractivity contribution in [2.45, 2.75) is 18.9 Å². The number of nitrogens with one attached hydrogen (secondary N) is 1. The molecule has 0 unspecified atom stereocenters. The minimum Gasteiger partial charge on any atom is -0.454 e. The lowest BCUT2D eigenvalue weighted by Crippen LogP contribution is -2.36. The van der Waals surface area contributed by atoms with Crippen LogP contribution in [-0.4, -0.2) is 41.1 Å². The number of rotatable bonds is 4. The number of aliphatic hydroxyl groups is 1. The second kappa shape index (κ2) is 7.60. The molecule has 2 N–H and O–H groups in total. The van der Waals surface area contributed by atoms with Gasteiger partial charge in [-0.25, -0.2) is 4.98 Å². The van der Waals surface area contributed by atoms with Crippen molar-refractivity contribution in [1.82, 2.24) is 9.97 Å². The van der Waals surface area contributed by atoms with Gasteiger partial charge in [-0.3, -0.25) is 0 Å². The van der Waals surface area contributed by atoms with Crippen molar-refractivity contribution < 1.29 is 14.6 Å². The fourth-order valence-corrected chi connectivity index (χ4v) is 3.61. The Bertz CT molecular complexity index is 1000. The first-order valence-electron chi connectivity index (χ1n) is 9.79. The molecule has 7 heteroatoms. The summed E-state index contributed by atoms with van der Waals surface area (Å²) in [6.07, 6.45) is 1.26. The monoisotopic (exact) mass is 390 g/mol. The molecule has 0 radical (unpaired) electrons. The van der Waals surface area contributed by atoms with Gasteiger partial charge >= 0.3 is 0 Å². The van der Waals surface area contributed by atoms with Crippen LogP contribution >= 0.6 is 0 Å². The standard InChI is InChI=1S/C22H22N4O3/c27-17-8-10-26(11-9-17)21-13-18(15-4-2-1-3-5-15)24-22(25-21)23-16-6-7-19-20(12-16)29-14-28-19/h1-7,12-13,17,27H,8-11,14H2,(H,23,24,25). The van der Waals surface area contributed by atoms with Crippen molar-refractivity contribution >= 4 is 17.5 Å². The third kappa shape index (κ3) is 3.82. The van der Waals surface area contributed by atoms with Crippen LogP contribution in [0.1, 0.15) is 12.8 Å². The van der Waals surface area contributed by atoms with Crippen LogP contribution in [-0.2, 0) is 0 Å². The van der Waals surface area contributed by atoms with Gasteiger partial charge in [0.1, 0.15) is 5.82 Å². The van der Waals surface area contributed by atoms with Crippen molar-refractivity contribution in [3.05, 3.63) is 54.6 Å². The van der Waals surface area contributed by atoms with Gasteiger partial charge < -0.3 is 24.8 Å². The first-order valence-corrected chi connectivity index (χ1v) is 9.79. The number of ether oxygens (including phenoxy) is 2. The summed E-state index contributed by atoms with van der Waals surface area (Å²) in [5.41, 5.74) is 2.71. The van der Waals surface area contributed by atoms with Gasteiger partial charge in [0.2, 0.25) is 12.7 Å². The predicted octanol–water partition coefficient (Wildman–Crippen LogP) is 3.58. The number of fused-ring (bicyclic) bond motifs is 1. The molecule has 0 amide bonds. The van der Waals surface area contributed by atoms with E-state index in [4.69, 9.17) is 19.4 Å². The van der Waals surface area contributed by atoms with Gasteiger partial charge in [0.25, 0.3) is 0 Å². The number of anilines is 3. The molecule has 0 atom stereocenters. The van der Waals surface area contributed by atoms with E-state index in [1.165, 1.54) is 0 Å². The normalized spacial score (nSPS) is 16.1. The highest BCUT2D eigenvalue weighted by Gasteiger charge is 2.20. The maximum absolute atomic E-state index is 9.84. The summed E-state index contributed by atoms with van der Waals surface area (Å²) in [4.78, 5) is 11.7. The Balaban J connectivity index is 1.49. The molecule has 0 saturated carbocycles. The van der Waals surface area contributed by atoms with E-state index in [-0.39, 0.29) is 12.9 Å².